The summed E-state index contributed by atoms with van der Waals surface area (Å²) in [5.41, 5.74) is 2.63. The number of halogens is 1. The van der Waals surface area contributed by atoms with E-state index in [0.717, 1.165) is 20.0 Å². The van der Waals surface area contributed by atoms with E-state index in [-0.39, 0.29) is 11.6 Å². The number of hydrogen-bond acceptors (Lipinski definition) is 2. The van der Waals surface area contributed by atoms with E-state index in [1.165, 1.54) is 4.90 Å². The van der Waals surface area contributed by atoms with Gasteiger partial charge in [0.2, 0.25) is 0 Å². The highest BCUT2D eigenvalue weighted by molar-refractivity contribution is 14.1. The third kappa shape index (κ3) is 3.13. The minimum atomic E-state index is -1.08. The van der Waals surface area contributed by atoms with Gasteiger partial charge in [0.05, 0.1) is 5.69 Å². The quantitative estimate of drug-likeness (QED) is 0.580. The summed E-state index contributed by atoms with van der Waals surface area (Å²) in [5.74, 6) is -1.30. The van der Waals surface area contributed by atoms with Crippen LogP contribution in [0.5, 0.6) is 0 Å². The van der Waals surface area contributed by atoms with E-state index in [1.807, 2.05) is 32.0 Å². The van der Waals surface area contributed by atoms with E-state index in [4.69, 9.17) is 0 Å². The number of H-pyrrole nitrogens is 1. The lowest BCUT2D eigenvalue weighted by atomic mass is 10.1. The summed E-state index contributed by atoms with van der Waals surface area (Å²) in [6.07, 6.45) is 0. The normalized spacial score (nSPS) is 10.8. The van der Waals surface area contributed by atoms with E-state index >= 15 is 0 Å². The zero-order valence-electron chi connectivity index (χ0n) is 13.8. The highest BCUT2D eigenvalue weighted by atomic mass is 127. The Morgan fingerprint density at radius 2 is 1.88 bits per heavy atom. The molecule has 0 aliphatic carbocycles. The fourth-order valence-electron chi connectivity index (χ4n) is 3.04. The van der Waals surface area contributed by atoms with Crippen LogP contribution < -0.4 is 4.90 Å². The number of aromatic nitrogens is 1. The Balaban J connectivity index is 2.26. The number of aromatic amines is 1. The van der Waals surface area contributed by atoms with Gasteiger partial charge < -0.3 is 15.0 Å². The molecule has 1 heterocycles. The van der Waals surface area contributed by atoms with Crippen LogP contribution in [0.1, 0.15) is 33.3 Å². The van der Waals surface area contributed by atoms with Crippen LogP contribution >= 0.6 is 22.6 Å². The minimum absolute atomic E-state index is 0.0335. The number of hydrogen-bond donors (Lipinski definition) is 2. The molecule has 0 aliphatic heterocycles. The number of aromatic carboxylic acids is 1. The van der Waals surface area contributed by atoms with Gasteiger partial charge >= 0.3 is 5.97 Å². The Hall–Kier alpha value is -2.35. The van der Waals surface area contributed by atoms with Gasteiger partial charge in [0, 0.05) is 26.6 Å². The lowest BCUT2D eigenvalue weighted by Crippen LogP contribution is -2.31. The van der Waals surface area contributed by atoms with Crippen LogP contribution in [0.4, 0.5) is 5.69 Å². The van der Waals surface area contributed by atoms with Gasteiger partial charge in [-0.2, -0.15) is 0 Å². The molecule has 0 aliphatic rings. The Bertz CT molecular complexity index is 964. The van der Waals surface area contributed by atoms with Gasteiger partial charge in [-0.25, -0.2) is 4.79 Å². The first-order chi connectivity index (χ1) is 11.9. The number of carboxylic acid groups (broad SMARTS) is 1. The monoisotopic (exact) mass is 448 g/mol. The van der Waals surface area contributed by atoms with Gasteiger partial charge in [-0.05, 0) is 66.3 Å². The van der Waals surface area contributed by atoms with E-state index in [9.17, 15) is 14.7 Å². The van der Waals surface area contributed by atoms with Crippen molar-refractivity contribution < 1.29 is 14.7 Å². The van der Waals surface area contributed by atoms with Gasteiger partial charge in [-0.3, -0.25) is 4.79 Å². The number of nitrogens with zero attached hydrogens (tertiary/aromatic N) is 1. The zero-order chi connectivity index (χ0) is 18.1. The fraction of sp³-hybridized carbons (Fsp3) is 0.158. The third-order valence-electron chi connectivity index (χ3n) is 4.10. The van der Waals surface area contributed by atoms with Crippen LogP contribution in [0.3, 0.4) is 0 Å². The molecule has 5 nitrogen and oxygen atoms in total. The largest absolute Gasteiger partial charge is 0.477 e. The van der Waals surface area contributed by atoms with Crippen molar-refractivity contribution in [2.75, 3.05) is 11.4 Å². The van der Waals surface area contributed by atoms with Gasteiger partial charge in [0.15, 0.2) is 0 Å². The molecular formula is C19H17IN2O3. The molecule has 0 spiro atoms. The first-order valence-electron chi connectivity index (χ1n) is 7.86. The van der Waals surface area contributed by atoms with Gasteiger partial charge in [-0.15, -0.1) is 0 Å². The summed E-state index contributed by atoms with van der Waals surface area (Å²) in [5, 5.41) is 10.4. The second kappa shape index (κ2) is 6.87. The number of carboxylic acids is 1. The van der Waals surface area contributed by atoms with Crippen LogP contribution in [0, 0.1) is 10.5 Å². The summed E-state index contributed by atoms with van der Waals surface area (Å²) < 4.78 is 1.00. The molecule has 0 atom stereocenters. The first-order valence-corrected chi connectivity index (χ1v) is 8.94. The molecule has 2 N–H and O–H groups in total. The molecule has 0 radical (unpaired) electrons. The third-order valence-corrected chi connectivity index (χ3v) is 4.72. The van der Waals surface area contributed by atoms with Gasteiger partial charge in [0.1, 0.15) is 5.69 Å². The van der Waals surface area contributed by atoms with E-state index in [2.05, 4.69) is 27.6 Å². The van der Waals surface area contributed by atoms with Crippen LogP contribution in [-0.2, 0) is 0 Å². The fourth-order valence-corrected chi connectivity index (χ4v) is 3.82. The van der Waals surface area contributed by atoms with Crippen LogP contribution in [0.25, 0.3) is 10.9 Å². The van der Waals surface area contributed by atoms with Crippen LogP contribution in [0.15, 0.2) is 42.5 Å². The molecule has 0 unspecified atom stereocenters. The maximum absolute atomic E-state index is 13.0. The van der Waals surface area contributed by atoms with Crippen LogP contribution in [-0.4, -0.2) is 28.5 Å². The summed E-state index contributed by atoms with van der Waals surface area (Å²) in [6, 6.07) is 12.8. The standard InChI is InChI=1S/C19H17IN2O3/c1-3-22(18(23)12-7-5-4-6-8-12)17-15-11(2)9-13(20)10-14(15)21-16(17)19(24)25/h4-10,21H,3H2,1-2H3,(H,24,25). The average molecular weight is 448 g/mol. The lowest BCUT2D eigenvalue weighted by Gasteiger charge is -2.22. The minimum Gasteiger partial charge on any atom is -0.477 e. The van der Waals surface area contributed by atoms with Gasteiger partial charge in [0.25, 0.3) is 5.91 Å². The highest BCUT2D eigenvalue weighted by Gasteiger charge is 2.27. The maximum Gasteiger partial charge on any atom is 0.354 e. The highest BCUT2D eigenvalue weighted by Crippen LogP contribution is 2.35. The number of rotatable bonds is 4. The Labute approximate surface area is 158 Å². The Kier molecular flexibility index (Phi) is 4.80. The zero-order valence-corrected chi connectivity index (χ0v) is 16.0. The second-order valence-electron chi connectivity index (χ2n) is 5.71. The predicted octanol–water partition coefficient (Wildman–Crippen LogP) is 4.45. The van der Waals surface area contributed by atoms with Crippen molar-refractivity contribution in [3.63, 3.8) is 0 Å². The van der Waals surface area contributed by atoms with Crippen molar-refractivity contribution in [1.29, 1.82) is 0 Å². The summed E-state index contributed by atoms with van der Waals surface area (Å²) in [6.45, 7) is 4.13. The van der Waals surface area contributed by atoms with Crippen LogP contribution in [0.2, 0.25) is 0 Å². The van der Waals surface area contributed by atoms with E-state index in [1.54, 1.807) is 24.3 Å². The Morgan fingerprint density at radius 3 is 2.48 bits per heavy atom. The van der Waals surface area contributed by atoms with Crippen molar-refractivity contribution in [1.82, 2.24) is 4.98 Å². The number of benzene rings is 2. The first kappa shape index (κ1) is 17.5. The van der Waals surface area contributed by atoms with Gasteiger partial charge in [-0.1, -0.05) is 18.2 Å². The number of anilines is 1. The van der Waals surface area contributed by atoms with Crippen molar-refractivity contribution in [2.45, 2.75) is 13.8 Å². The summed E-state index contributed by atoms with van der Waals surface area (Å²) in [4.78, 5) is 29.3. The SMILES string of the molecule is CCN(C(=O)c1ccccc1)c1c(C(=O)O)[nH]c2cc(I)cc(C)c12. The van der Waals surface area contributed by atoms with E-state index in [0.29, 0.717) is 17.8 Å². The number of nitrogens with one attached hydrogen (secondary N) is 1. The second-order valence-corrected chi connectivity index (χ2v) is 6.96. The van der Waals surface area contributed by atoms with Crippen molar-refractivity contribution >= 4 is 51.1 Å². The number of aryl methyl sites for hydroxylation is 1. The predicted molar refractivity (Wildman–Crippen MR) is 107 cm³/mol. The summed E-state index contributed by atoms with van der Waals surface area (Å²) in [7, 11) is 0. The lowest BCUT2D eigenvalue weighted by molar-refractivity contribution is 0.0692. The average Bonchev–Trinajstić information content (AvgIpc) is 2.96. The number of carbonyl (C=O) groups is 2. The topological polar surface area (TPSA) is 73.4 Å². The number of amides is 1. The van der Waals surface area contributed by atoms with Crippen molar-refractivity contribution in [3.05, 3.63) is 62.9 Å². The number of fused-ring (bicyclic) bond motifs is 1. The van der Waals surface area contributed by atoms with Crippen molar-refractivity contribution in [3.8, 4) is 0 Å². The molecule has 0 saturated heterocycles. The molecule has 1 aromatic heterocycles. The molecule has 1 amide bonds. The molecule has 2 aromatic carbocycles. The molecule has 6 heteroatoms. The van der Waals surface area contributed by atoms with E-state index < -0.39 is 5.97 Å². The molecule has 128 valence electrons. The Morgan fingerprint density at radius 1 is 1.20 bits per heavy atom. The molecule has 3 aromatic rings. The molecule has 25 heavy (non-hydrogen) atoms. The molecular weight excluding hydrogens is 431 g/mol. The molecule has 0 fully saturated rings. The molecule has 3 rings (SSSR count). The molecule has 0 bridgehead atoms. The molecule has 0 saturated carbocycles. The smallest absolute Gasteiger partial charge is 0.354 e. The van der Waals surface area contributed by atoms with Crippen molar-refractivity contribution in [2.24, 2.45) is 0 Å². The number of carbonyl (C=O) groups excluding carboxylic acids is 1. The maximum atomic E-state index is 13.0. The summed E-state index contributed by atoms with van der Waals surface area (Å²) >= 11 is 2.19.